The van der Waals surface area contributed by atoms with Gasteiger partial charge in [0, 0.05) is 31.7 Å². The second-order valence-electron chi connectivity index (χ2n) is 13.4. The van der Waals surface area contributed by atoms with E-state index in [-0.39, 0.29) is 59.3 Å². The van der Waals surface area contributed by atoms with Gasteiger partial charge in [-0.2, -0.15) is 0 Å². The second kappa shape index (κ2) is 11.9. The highest BCUT2D eigenvalue weighted by molar-refractivity contribution is 6.11. The van der Waals surface area contributed by atoms with E-state index < -0.39 is 40.8 Å². The van der Waals surface area contributed by atoms with E-state index in [9.17, 15) is 14.4 Å². The van der Waals surface area contributed by atoms with Crippen LogP contribution in [0.15, 0.2) is 41.3 Å². The lowest BCUT2D eigenvalue weighted by atomic mass is 9.99. The summed E-state index contributed by atoms with van der Waals surface area (Å²) in [5, 5.41) is 0.231. The SMILES string of the molecule is COc1cccc(F)c1-c1nc2c(cc1F)c1c(c(=O)n2-c2c(C)ccnc2C(C)C)N(C)C(=O)[C@H]2CN(C(=O)OC(C)(C)C)CCN12. The molecule has 0 N–H and O–H groups in total. The van der Waals surface area contributed by atoms with Crippen molar-refractivity contribution in [1.29, 1.82) is 0 Å². The van der Waals surface area contributed by atoms with Gasteiger partial charge in [-0.3, -0.25) is 19.1 Å². The minimum absolute atomic E-state index is 0.0122. The lowest BCUT2D eigenvalue weighted by Gasteiger charge is -2.47. The maximum absolute atomic E-state index is 16.4. The first-order chi connectivity index (χ1) is 22.6. The molecule has 2 aliphatic heterocycles. The quantitative estimate of drug-likeness (QED) is 0.280. The summed E-state index contributed by atoms with van der Waals surface area (Å²) in [5.41, 5.74) is 0.247. The second-order valence-corrected chi connectivity index (χ2v) is 13.4. The van der Waals surface area contributed by atoms with Crippen molar-refractivity contribution in [3.05, 3.63) is 69.8 Å². The van der Waals surface area contributed by atoms with Crippen LogP contribution in [0.4, 0.5) is 25.0 Å². The Morgan fingerprint density at radius 1 is 1.04 bits per heavy atom. The summed E-state index contributed by atoms with van der Waals surface area (Å²) in [6, 6.07) is 6.22. The van der Waals surface area contributed by atoms with Gasteiger partial charge in [0.15, 0.2) is 11.5 Å². The number of piperazine rings is 1. The van der Waals surface area contributed by atoms with Gasteiger partial charge in [-0.1, -0.05) is 19.9 Å². The molecule has 1 atom stereocenters. The monoisotopic (exact) mass is 660 g/mol. The highest BCUT2D eigenvalue weighted by atomic mass is 19.1. The molecular formula is C35H38F2N6O5. The minimum atomic E-state index is -0.886. The van der Waals surface area contributed by atoms with Gasteiger partial charge in [0.05, 0.1) is 36.3 Å². The standard InChI is InChI=1S/C35H38F2N6O5/c1-18(2)26-28(19(3)12-13-38-26)43-31-20(16-22(37)27(39-31)25-21(36)10-9-11-24(25)47-8)29-30(33(43)45)40(7)32(44)23-17-41(14-15-42(23)29)34(46)48-35(4,5)6/h9-13,16,18,23H,14-15,17H2,1-8H3/t23-/m1/s1. The fourth-order valence-corrected chi connectivity index (χ4v) is 6.51. The molecule has 6 rings (SSSR count). The van der Waals surface area contributed by atoms with Crippen molar-refractivity contribution < 1.29 is 27.8 Å². The first-order valence-electron chi connectivity index (χ1n) is 15.7. The van der Waals surface area contributed by atoms with Crippen LogP contribution < -0.4 is 20.1 Å². The van der Waals surface area contributed by atoms with E-state index in [1.165, 1.54) is 52.8 Å². The van der Waals surface area contributed by atoms with Crippen molar-refractivity contribution in [3.63, 3.8) is 0 Å². The Balaban J connectivity index is 1.67. The summed E-state index contributed by atoms with van der Waals surface area (Å²) in [6.45, 7) is 11.3. The molecule has 0 bridgehead atoms. The number of likely N-dealkylation sites (N-methyl/N-ethyl adjacent to an activating group) is 1. The molecule has 0 radical (unpaired) electrons. The number of hydrogen-bond donors (Lipinski definition) is 0. The molecule has 13 heteroatoms. The number of anilines is 2. The number of aryl methyl sites for hydroxylation is 1. The lowest BCUT2D eigenvalue weighted by Crippen LogP contribution is -2.64. The zero-order valence-corrected chi connectivity index (χ0v) is 28.2. The number of benzene rings is 1. The smallest absolute Gasteiger partial charge is 0.410 e. The molecule has 1 saturated heterocycles. The third kappa shape index (κ3) is 5.30. The van der Waals surface area contributed by atoms with Gasteiger partial charge in [0.1, 0.15) is 34.6 Å². The Morgan fingerprint density at radius 2 is 1.77 bits per heavy atom. The van der Waals surface area contributed by atoms with E-state index >= 15 is 8.78 Å². The first kappa shape index (κ1) is 32.9. The number of halogens is 2. The average Bonchev–Trinajstić information content (AvgIpc) is 3.02. The Labute approximate surface area is 276 Å². The van der Waals surface area contributed by atoms with Crippen LogP contribution in [-0.4, -0.2) is 76.9 Å². The summed E-state index contributed by atoms with van der Waals surface area (Å²) in [5.74, 6) is -2.08. The van der Waals surface area contributed by atoms with Crippen LogP contribution in [-0.2, 0) is 9.53 Å². The van der Waals surface area contributed by atoms with Crippen molar-refractivity contribution in [2.45, 2.75) is 59.1 Å². The molecular weight excluding hydrogens is 622 g/mol. The number of amides is 2. The summed E-state index contributed by atoms with van der Waals surface area (Å²) in [6.07, 6.45) is 1.08. The fourth-order valence-electron chi connectivity index (χ4n) is 6.51. The number of fused-ring (bicyclic) bond motifs is 5. The molecule has 0 unspecified atom stereocenters. The molecule has 11 nitrogen and oxygen atoms in total. The molecule has 2 aliphatic rings. The van der Waals surface area contributed by atoms with Crippen LogP contribution in [0.3, 0.4) is 0 Å². The molecule has 4 aromatic rings. The predicted octanol–water partition coefficient (Wildman–Crippen LogP) is 5.57. The van der Waals surface area contributed by atoms with Crippen molar-refractivity contribution in [1.82, 2.24) is 19.4 Å². The van der Waals surface area contributed by atoms with Gasteiger partial charge < -0.3 is 24.2 Å². The zero-order chi connectivity index (χ0) is 34.8. The molecule has 0 saturated carbocycles. The average molecular weight is 661 g/mol. The topological polar surface area (TPSA) is 110 Å². The van der Waals surface area contributed by atoms with Crippen LogP contribution in [0, 0.1) is 18.6 Å². The molecule has 2 amide bonds. The van der Waals surface area contributed by atoms with Gasteiger partial charge in [-0.25, -0.2) is 18.6 Å². The van der Waals surface area contributed by atoms with E-state index in [2.05, 4.69) is 4.98 Å². The van der Waals surface area contributed by atoms with E-state index in [4.69, 9.17) is 14.5 Å². The number of methoxy groups -OCH3 is 1. The summed E-state index contributed by atoms with van der Waals surface area (Å²) < 4.78 is 44.0. The van der Waals surface area contributed by atoms with Crippen LogP contribution in [0.25, 0.3) is 28.0 Å². The van der Waals surface area contributed by atoms with Gasteiger partial charge in [-0.05, 0) is 63.4 Å². The van der Waals surface area contributed by atoms with Crippen LogP contribution in [0.1, 0.15) is 51.8 Å². The molecule has 0 aliphatic carbocycles. The van der Waals surface area contributed by atoms with Crippen LogP contribution in [0.2, 0.25) is 0 Å². The molecule has 5 heterocycles. The number of carbonyl (C=O) groups is 2. The molecule has 0 spiro atoms. The number of hydrogen-bond acceptors (Lipinski definition) is 8. The van der Waals surface area contributed by atoms with Crippen molar-refractivity contribution >= 4 is 34.4 Å². The molecule has 1 fully saturated rings. The maximum Gasteiger partial charge on any atom is 0.410 e. The van der Waals surface area contributed by atoms with Crippen molar-refractivity contribution in [2.75, 3.05) is 43.6 Å². The molecule has 252 valence electrons. The van der Waals surface area contributed by atoms with Crippen LogP contribution >= 0.6 is 0 Å². The third-order valence-electron chi connectivity index (χ3n) is 8.68. The Hall–Kier alpha value is -5.07. The molecule has 48 heavy (non-hydrogen) atoms. The predicted molar refractivity (Wildman–Crippen MR) is 178 cm³/mol. The van der Waals surface area contributed by atoms with Gasteiger partial charge in [0.25, 0.3) is 11.5 Å². The zero-order valence-electron chi connectivity index (χ0n) is 28.2. The van der Waals surface area contributed by atoms with Gasteiger partial charge in [0.2, 0.25) is 0 Å². The summed E-state index contributed by atoms with van der Waals surface area (Å²) >= 11 is 0. The highest BCUT2D eigenvalue weighted by Crippen LogP contribution is 2.43. The third-order valence-corrected chi connectivity index (χ3v) is 8.68. The largest absolute Gasteiger partial charge is 0.496 e. The van der Waals surface area contributed by atoms with Gasteiger partial charge >= 0.3 is 6.09 Å². The fraction of sp³-hybridized carbons (Fsp3) is 0.400. The van der Waals surface area contributed by atoms with Gasteiger partial charge in [-0.15, -0.1) is 0 Å². The number of aromatic nitrogens is 3. The van der Waals surface area contributed by atoms with E-state index in [0.29, 0.717) is 22.6 Å². The number of carbonyl (C=O) groups excluding carboxylic acids is 2. The normalized spacial score (nSPS) is 16.4. The van der Waals surface area contributed by atoms with Crippen molar-refractivity contribution in [2.24, 2.45) is 0 Å². The maximum atomic E-state index is 16.4. The summed E-state index contributed by atoms with van der Waals surface area (Å²) in [4.78, 5) is 55.5. The van der Waals surface area contributed by atoms with Crippen LogP contribution in [0.5, 0.6) is 5.75 Å². The Kier molecular flexibility index (Phi) is 8.12. The summed E-state index contributed by atoms with van der Waals surface area (Å²) in [7, 11) is 2.84. The minimum Gasteiger partial charge on any atom is -0.496 e. The Morgan fingerprint density at radius 3 is 2.44 bits per heavy atom. The number of rotatable bonds is 4. The first-order valence-corrected chi connectivity index (χ1v) is 15.7. The molecule has 3 aromatic heterocycles. The number of ether oxygens (including phenoxy) is 2. The lowest BCUT2D eigenvalue weighted by molar-refractivity contribution is -0.120. The van der Waals surface area contributed by atoms with Crippen molar-refractivity contribution in [3.8, 4) is 22.7 Å². The van der Waals surface area contributed by atoms with E-state index in [1.807, 2.05) is 20.8 Å². The highest BCUT2D eigenvalue weighted by Gasteiger charge is 2.45. The number of nitrogens with zero attached hydrogens (tertiary/aromatic N) is 6. The van der Waals surface area contributed by atoms with E-state index in [0.717, 1.165) is 0 Å². The molecule has 1 aromatic carbocycles. The van der Waals surface area contributed by atoms with E-state index in [1.54, 1.807) is 37.9 Å². The number of pyridine rings is 3. The Bertz CT molecular complexity index is 2040.